The van der Waals surface area contributed by atoms with Crippen molar-refractivity contribution in [2.24, 2.45) is 0 Å². The standard InChI is InChI=1S/C16H14N4/c1-11-4-6-15(7-5-11)20-13(3)16(12(2)19-20)8-14(9-17)10-18/h4-8H,1-3H3. The van der Waals surface area contributed by atoms with Crippen LogP contribution in [0, 0.1) is 43.4 Å². The van der Waals surface area contributed by atoms with E-state index in [0.29, 0.717) is 0 Å². The molecule has 0 unspecified atom stereocenters. The Morgan fingerprint density at radius 1 is 1.10 bits per heavy atom. The summed E-state index contributed by atoms with van der Waals surface area (Å²) in [4.78, 5) is 0. The van der Waals surface area contributed by atoms with E-state index in [1.807, 2.05) is 61.9 Å². The zero-order valence-electron chi connectivity index (χ0n) is 11.7. The van der Waals surface area contributed by atoms with Crippen LogP contribution in [-0.2, 0) is 0 Å². The van der Waals surface area contributed by atoms with Crippen LogP contribution in [0.5, 0.6) is 0 Å². The molecule has 0 spiro atoms. The molecule has 0 saturated heterocycles. The fraction of sp³-hybridized carbons (Fsp3) is 0.188. The van der Waals surface area contributed by atoms with Gasteiger partial charge in [0.25, 0.3) is 0 Å². The summed E-state index contributed by atoms with van der Waals surface area (Å²) >= 11 is 0. The maximum atomic E-state index is 8.86. The number of rotatable bonds is 2. The van der Waals surface area contributed by atoms with Crippen LogP contribution in [0.1, 0.15) is 22.5 Å². The van der Waals surface area contributed by atoms with E-state index in [1.54, 1.807) is 6.08 Å². The maximum absolute atomic E-state index is 8.86. The van der Waals surface area contributed by atoms with Crippen LogP contribution < -0.4 is 0 Å². The summed E-state index contributed by atoms with van der Waals surface area (Å²) in [6, 6.07) is 11.8. The molecule has 0 saturated carbocycles. The zero-order chi connectivity index (χ0) is 14.7. The van der Waals surface area contributed by atoms with Gasteiger partial charge in [-0.3, -0.25) is 0 Å². The van der Waals surface area contributed by atoms with Gasteiger partial charge in [0.2, 0.25) is 0 Å². The van der Waals surface area contributed by atoms with Crippen LogP contribution in [0.3, 0.4) is 0 Å². The first kappa shape index (κ1) is 13.6. The van der Waals surface area contributed by atoms with E-state index < -0.39 is 0 Å². The number of hydrogen-bond acceptors (Lipinski definition) is 3. The van der Waals surface area contributed by atoms with E-state index in [0.717, 1.165) is 22.6 Å². The lowest BCUT2D eigenvalue weighted by Crippen LogP contribution is -1.98. The van der Waals surface area contributed by atoms with Gasteiger partial charge < -0.3 is 0 Å². The van der Waals surface area contributed by atoms with Crippen LogP contribution >= 0.6 is 0 Å². The molecule has 2 rings (SSSR count). The number of hydrogen-bond donors (Lipinski definition) is 0. The molecular weight excluding hydrogens is 248 g/mol. The molecule has 0 radical (unpaired) electrons. The van der Waals surface area contributed by atoms with Crippen LogP contribution in [-0.4, -0.2) is 9.78 Å². The molecule has 0 bridgehead atoms. The van der Waals surface area contributed by atoms with E-state index in [2.05, 4.69) is 5.10 Å². The Bertz CT molecular complexity index is 734. The Kier molecular flexibility index (Phi) is 3.68. The molecule has 1 aromatic heterocycles. The van der Waals surface area contributed by atoms with Crippen molar-refractivity contribution in [1.29, 1.82) is 10.5 Å². The summed E-state index contributed by atoms with van der Waals surface area (Å²) in [5.74, 6) is 0. The number of nitrogens with zero attached hydrogens (tertiary/aromatic N) is 4. The van der Waals surface area contributed by atoms with Gasteiger partial charge in [0, 0.05) is 11.3 Å². The molecule has 2 aromatic rings. The molecular formula is C16H14N4. The van der Waals surface area contributed by atoms with E-state index in [1.165, 1.54) is 5.56 Å². The minimum absolute atomic E-state index is 0.0830. The molecule has 1 heterocycles. The van der Waals surface area contributed by atoms with Crippen LogP contribution in [0.25, 0.3) is 11.8 Å². The van der Waals surface area contributed by atoms with Gasteiger partial charge in [-0.15, -0.1) is 0 Å². The summed E-state index contributed by atoms with van der Waals surface area (Å²) in [7, 11) is 0. The quantitative estimate of drug-likeness (QED) is 0.780. The first-order valence-electron chi connectivity index (χ1n) is 6.22. The zero-order valence-corrected chi connectivity index (χ0v) is 11.7. The van der Waals surface area contributed by atoms with Gasteiger partial charge in [0.15, 0.2) is 0 Å². The summed E-state index contributed by atoms with van der Waals surface area (Å²) < 4.78 is 1.83. The number of aryl methyl sites for hydroxylation is 2. The van der Waals surface area contributed by atoms with Gasteiger partial charge in [-0.2, -0.15) is 15.6 Å². The molecule has 1 aromatic carbocycles. The normalized spacial score (nSPS) is 9.65. The molecule has 0 fully saturated rings. The largest absolute Gasteiger partial charge is 0.237 e. The van der Waals surface area contributed by atoms with Gasteiger partial charge >= 0.3 is 0 Å². The summed E-state index contributed by atoms with van der Waals surface area (Å²) in [6.45, 7) is 5.83. The smallest absolute Gasteiger partial charge is 0.130 e. The monoisotopic (exact) mass is 262 g/mol. The van der Waals surface area contributed by atoms with Crippen LogP contribution in [0.2, 0.25) is 0 Å². The molecule has 98 valence electrons. The molecule has 4 heteroatoms. The third-order valence-electron chi connectivity index (χ3n) is 3.16. The predicted octanol–water partition coefficient (Wildman–Crippen LogP) is 3.23. The average Bonchev–Trinajstić information content (AvgIpc) is 2.73. The maximum Gasteiger partial charge on any atom is 0.130 e. The minimum atomic E-state index is 0.0830. The summed E-state index contributed by atoms with van der Waals surface area (Å²) in [5, 5.41) is 22.2. The van der Waals surface area contributed by atoms with Crippen molar-refractivity contribution in [2.45, 2.75) is 20.8 Å². The van der Waals surface area contributed by atoms with E-state index in [-0.39, 0.29) is 5.57 Å². The Labute approximate surface area is 118 Å². The van der Waals surface area contributed by atoms with Crippen molar-refractivity contribution in [3.8, 4) is 17.8 Å². The molecule has 0 aliphatic carbocycles. The molecule has 20 heavy (non-hydrogen) atoms. The Hall–Kier alpha value is -2.85. The van der Waals surface area contributed by atoms with E-state index >= 15 is 0 Å². The lowest BCUT2D eigenvalue weighted by molar-refractivity contribution is 0.833. The van der Waals surface area contributed by atoms with Crippen molar-refractivity contribution in [3.05, 3.63) is 52.4 Å². The highest BCUT2D eigenvalue weighted by Crippen LogP contribution is 2.20. The second-order valence-corrected chi connectivity index (χ2v) is 4.61. The van der Waals surface area contributed by atoms with Gasteiger partial charge in [0.05, 0.1) is 11.4 Å². The Morgan fingerprint density at radius 3 is 2.25 bits per heavy atom. The van der Waals surface area contributed by atoms with Gasteiger partial charge in [-0.05, 0) is 39.0 Å². The third-order valence-corrected chi connectivity index (χ3v) is 3.16. The van der Waals surface area contributed by atoms with Crippen LogP contribution in [0.4, 0.5) is 0 Å². The minimum Gasteiger partial charge on any atom is -0.237 e. The first-order chi connectivity index (χ1) is 9.56. The number of allylic oxidation sites excluding steroid dienone is 1. The SMILES string of the molecule is Cc1ccc(-n2nc(C)c(C=C(C#N)C#N)c2C)cc1. The highest BCUT2D eigenvalue weighted by molar-refractivity contribution is 5.65. The van der Waals surface area contributed by atoms with Crippen molar-refractivity contribution >= 4 is 6.08 Å². The van der Waals surface area contributed by atoms with Gasteiger partial charge in [-0.1, -0.05) is 17.7 Å². The van der Waals surface area contributed by atoms with E-state index in [9.17, 15) is 0 Å². The third kappa shape index (κ3) is 2.46. The molecule has 0 N–H and O–H groups in total. The van der Waals surface area contributed by atoms with Crippen molar-refractivity contribution < 1.29 is 0 Å². The van der Waals surface area contributed by atoms with Crippen molar-refractivity contribution in [3.63, 3.8) is 0 Å². The molecule has 0 aliphatic rings. The molecule has 0 atom stereocenters. The second kappa shape index (κ2) is 5.42. The number of aromatic nitrogens is 2. The molecule has 4 nitrogen and oxygen atoms in total. The topological polar surface area (TPSA) is 65.4 Å². The second-order valence-electron chi connectivity index (χ2n) is 4.61. The number of nitriles is 2. The lowest BCUT2D eigenvalue weighted by Gasteiger charge is -2.04. The average molecular weight is 262 g/mol. The summed E-state index contributed by atoms with van der Waals surface area (Å²) in [6.07, 6.45) is 1.59. The molecule has 0 aliphatic heterocycles. The fourth-order valence-electron chi connectivity index (χ4n) is 2.03. The first-order valence-corrected chi connectivity index (χ1v) is 6.22. The van der Waals surface area contributed by atoms with Crippen molar-refractivity contribution in [2.75, 3.05) is 0 Å². The Morgan fingerprint density at radius 2 is 1.70 bits per heavy atom. The highest BCUT2D eigenvalue weighted by Gasteiger charge is 2.11. The lowest BCUT2D eigenvalue weighted by atomic mass is 10.1. The van der Waals surface area contributed by atoms with Crippen molar-refractivity contribution in [1.82, 2.24) is 9.78 Å². The van der Waals surface area contributed by atoms with Gasteiger partial charge in [-0.25, -0.2) is 4.68 Å². The van der Waals surface area contributed by atoms with Gasteiger partial charge in [0.1, 0.15) is 17.7 Å². The summed E-state index contributed by atoms with van der Waals surface area (Å²) in [5.41, 5.74) is 4.77. The Balaban J connectivity index is 2.55. The molecule has 0 amide bonds. The number of benzene rings is 1. The predicted molar refractivity (Wildman–Crippen MR) is 77.0 cm³/mol. The fourth-order valence-corrected chi connectivity index (χ4v) is 2.03. The van der Waals surface area contributed by atoms with Crippen LogP contribution in [0.15, 0.2) is 29.8 Å². The highest BCUT2D eigenvalue weighted by atomic mass is 15.3. The van der Waals surface area contributed by atoms with E-state index in [4.69, 9.17) is 10.5 Å².